The fourth-order valence-electron chi connectivity index (χ4n) is 14.1. The predicted molar refractivity (Wildman–Crippen MR) is 266 cm³/mol. The maximum Gasteiger partial charge on any atom is 0.251 e. The first kappa shape index (κ1) is 36.8. The molecule has 3 nitrogen and oxygen atoms in total. The Kier molecular flexibility index (Phi) is 7.80. The van der Waals surface area contributed by atoms with Crippen LogP contribution in [0.3, 0.4) is 0 Å². The molecule has 1 unspecified atom stereocenters. The van der Waals surface area contributed by atoms with Crippen molar-refractivity contribution in [1.82, 2.24) is 0 Å². The van der Waals surface area contributed by atoms with Gasteiger partial charge in [-0.3, -0.25) is 0 Å². The number of nitrogens with zero attached hydrogens (tertiary/aromatic N) is 3. The topological polar surface area (TPSA) is 9.72 Å². The summed E-state index contributed by atoms with van der Waals surface area (Å²) >= 11 is 0. The molecule has 4 bridgehead atoms. The fraction of sp³-hybridized carbons (Fsp3) is 0.263. The summed E-state index contributed by atoms with van der Waals surface area (Å²) in [7, 11) is -2.49. The van der Waals surface area contributed by atoms with E-state index in [2.05, 4.69) is 206 Å². The molecule has 0 aromatic heterocycles. The number of anilines is 8. The van der Waals surface area contributed by atoms with Gasteiger partial charge in [-0.2, -0.15) is 0 Å². The molecule has 0 N–H and O–H groups in total. The third-order valence-corrected chi connectivity index (χ3v) is 20.8. The largest absolute Gasteiger partial charge is 0.336 e. The standard InChI is InChI=1S/C57H54BN3Si/c1-56(2,3)41-26-28-44(29-27-41)60-47-22-14-24-51-54(47)58-53-49(60)33-45(59(42-16-8-5-9-17-42)43-18-10-6-11-19-43)34-50(53)61(57-35-38-30-39(36-57)32-40(31-38)37-57)48-23-15-25-52(55(48)58)62(51,4)46-20-12-7-13-21-46/h5-29,33-34,38-40H,30-32,35-37H2,1-4H3. The monoisotopic (exact) mass is 819 g/mol. The smallest absolute Gasteiger partial charge is 0.251 e. The van der Waals surface area contributed by atoms with Crippen LogP contribution >= 0.6 is 0 Å². The van der Waals surface area contributed by atoms with Crippen molar-refractivity contribution in [2.24, 2.45) is 17.8 Å². The second-order valence-electron chi connectivity index (χ2n) is 20.9. The van der Waals surface area contributed by atoms with Crippen molar-refractivity contribution in [3.8, 4) is 0 Å². The van der Waals surface area contributed by atoms with Crippen molar-refractivity contribution < 1.29 is 0 Å². The zero-order valence-electron chi connectivity index (χ0n) is 36.5. The molecular weight excluding hydrogens is 766 g/mol. The lowest BCUT2D eigenvalue weighted by Crippen LogP contribution is -2.84. The van der Waals surface area contributed by atoms with Gasteiger partial charge < -0.3 is 14.7 Å². The van der Waals surface area contributed by atoms with Crippen LogP contribution in [0.5, 0.6) is 0 Å². The van der Waals surface area contributed by atoms with Gasteiger partial charge in [0.1, 0.15) is 8.07 Å². The zero-order chi connectivity index (χ0) is 41.5. The molecule has 0 radical (unpaired) electrons. The van der Waals surface area contributed by atoms with E-state index < -0.39 is 8.07 Å². The predicted octanol–water partition coefficient (Wildman–Crippen LogP) is 10.6. The van der Waals surface area contributed by atoms with Gasteiger partial charge in [0.05, 0.1) is 5.69 Å². The maximum absolute atomic E-state index is 3.02. The van der Waals surface area contributed by atoms with Crippen molar-refractivity contribution in [2.75, 3.05) is 14.7 Å². The molecule has 0 saturated heterocycles. The highest BCUT2D eigenvalue weighted by atomic mass is 28.3. The van der Waals surface area contributed by atoms with Gasteiger partial charge in [-0.05, 0) is 149 Å². The molecule has 3 heterocycles. The molecule has 4 saturated carbocycles. The summed E-state index contributed by atoms with van der Waals surface area (Å²) in [6.45, 7) is 9.78. The zero-order valence-corrected chi connectivity index (χ0v) is 37.5. The molecule has 0 amide bonds. The van der Waals surface area contributed by atoms with Crippen LogP contribution in [0.15, 0.2) is 164 Å². The second kappa shape index (κ2) is 13.1. The Morgan fingerprint density at radius 3 is 1.61 bits per heavy atom. The molecule has 7 aromatic rings. The van der Waals surface area contributed by atoms with E-state index in [1.165, 1.54) is 106 Å². The van der Waals surface area contributed by atoms with E-state index in [1.54, 1.807) is 15.8 Å². The van der Waals surface area contributed by atoms with Gasteiger partial charge in [0.2, 0.25) is 0 Å². The Hall–Kier alpha value is -5.78. The Morgan fingerprint density at radius 1 is 0.532 bits per heavy atom. The van der Waals surface area contributed by atoms with E-state index in [1.807, 2.05) is 0 Å². The minimum atomic E-state index is -2.49. The van der Waals surface area contributed by atoms with Crippen molar-refractivity contribution in [2.45, 2.75) is 76.8 Å². The highest BCUT2D eigenvalue weighted by molar-refractivity contribution is 7.21. The van der Waals surface area contributed by atoms with E-state index in [0.717, 1.165) is 17.8 Å². The molecule has 1 atom stereocenters. The molecule has 4 fully saturated rings. The van der Waals surface area contributed by atoms with Crippen LogP contribution in [-0.2, 0) is 5.41 Å². The minimum Gasteiger partial charge on any atom is -0.336 e. The summed E-state index contributed by atoms with van der Waals surface area (Å²) in [5, 5.41) is 4.66. The Labute approximate surface area is 369 Å². The molecule has 0 spiro atoms. The summed E-state index contributed by atoms with van der Waals surface area (Å²) < 4.78 is 0. The van der Waals surface area contributed by atoms with Gasteiger partial charge >= 0.3 is 0 Å². The van der Waals surface area contributed by atoms with Gasteiger partial charge in [-0.15, -0.1) is 0 Å². The SMILES string of the molecule is CC(C)(C)c1ccc(N2c3cc(N(c4ccccc4)c4ccccc4)cc4c3B3c5c2cccc5[Si](C)(c2ccccc2)c2cccc(c23)N4C23CC4CC(CC(C4)C2)C3)cc1. The van der Waals surface area contributed by atoms with Gasteiger partial charge in [-0.25, -0.2) is 0 Å². The number of para-hydroxylation sites is 2. The molecular formula is C57H54BN3Si. The summed E-state index contributed by atoms with van der Waals surface area (Å²) in [4.78, 5) is 8.20. The van der Waals surface area contributed by atoms with Crippen molar-refractivity contribution in [3.63, 3.8) is 0 Å². The van der Waals surface area contributed by atoms with Gasteiger partial charge in [0, 0.05) is 45.4 Å². The van der Waals surface area contributed by atoms with E-state index in [0.29, 0.717) is 0 Å². The molecule has 14 rings (SSSR count). The van der Waals surface area contributed by atoms with Crippen LogP contribution in [0.25, 0.3) is 0 Å². The Balaban J connectivity index is 1.16. The lowest BCUT2D eigenvalue weighted by atomic mass is 9.33. The highest BCUT2D eigenvalue weighted by Crippen LogP contribution is 2.61. The van der Waals surface area contributed by atoms with Crippen LogP contribution in [0.4, 0.5) is 45.5 Å². The lowest BCUT2D eigenvalue weighted by molar-refractivity contribution is 0.000645. The summed E-state index contributed by atoms with van der Waals surface area (Å²) in [6.07, 6.45) is 8.14. The number of hydrogen-bond donors (Lipinski definition) is 0. The molecule has 62 heavy (non-hydrogen) atoms. The molecule has 7 aliphatic rings. The van der Waals surface area contributed by atoms with Crippen molar-refractivity contribution in [1.29, 1.82) is 0 Å². The third kappa shape index (κ3) is 5.12. The van der Waals surface area contributed by atoms with E-state index >= 15 is 0 Å². The fourth-order valence-corrected chi connectivity index (χ4v) is 18.4. The molecule has 3 aliphatic heterocycles. The van der Waals surface area contributed by atoms with Gasteiger partial charge in [-0.1, -0.05) is 141 Å². The second-order valence-corrected chi connectivity index (χ2v) is 24.8. The van der Waals surface area contributed by atoms with Crippen LogP contribution < -0.4 is 46.6 Å². The number of rotatable bonds is 6. The summed E-state index contributed by atoms with van der Waals surface area (Å²) in [5.74, 6) is 2.45. The highest BCUT2D eigenvalue weighted by Gasteiger charge is 2.59. The van der Waals surface area contributed by atoms with Crippen molar-refractivity contribution in [3.05, 3.63) is 169 Å². The summed E-state index contributed by atoms with van der Waals surface area (Å²) in [6, 6.07) is 63.3. The lowest BCUT2D eigenvalue weighted by Gasteiger charge is -2.63. The van der Waals surface area contributed by atoms with E-state index in [9.17, 15) is 0 Å². The Morgan fingerprint density at radius 2 is 1.05 bits per heavy atom. The number of hydrogen-bond acceptors (Lipinski definition) is 3. The first-order valence-corrected chi connectivity index (χ1v) is 25.8. The van der Waals surface area contributed by atoms with Crippen LogP contribution in [-0.4, -0.2) is 20.3 Å². The quantitative estimate of drug-likeness (QED) is 0.155. The van der Waals surface area contributed by atoms with Crippen LogP contribution in [0.1, 0.15) is 64.9 Å². The van der Waals surface area contributed by atoms with E-state index in [4.69, 9.17) is 0 Å². The average molecular weight is 820 g/mol. The first-order chi connectivity index (χ1) is 30.2. The van der Waals surface area contributed by atoms with Gasteiger partial charge in [0.25, 0.3) is 6.71 Å². The molecule has 4 aliphatic carbocycles. The molecule has 304 valence electrons. The molecule has 7 aromatic carbocycles. The first-order valence-electron chi connectivity index (χ1n) is 23.3. The maximum atomic E-state index is 3.02. The molecule has 5 heteroatoms. The average Bonchev–Trinajstić information content (AvgIpc) is 3.28. The summed E-state index contributed by atoms with van der Waals surface area (Å²) in [5.41, 5.74) is 16.5. The number of benzene rings is 7. The van der Waals surface area contributed by atoms with Crippen molar-refractivity contribution >= 4 is 92.2 Å². The van der Waals surface area contributed by atoms with Gasteiger partial charge in [0.15, 0.2) is 0 Å². The Bertz CT molecular complexity index is 2830. The third-order valence-electron chi connectivity index (χ3n) is 16.3. The van der Waals surface area contributed by atoms with E-state index in [-0.39, 0.29) is 17.7 Å². The minimum absolute atomic E-state index is 0.0595. The van der Waals surface area contributed by atoms with Crippen LogP contribution in [0, 0.1) is 17.8 Å². The normalized spacial score (nSPS) is 24.6. The van der Waals surface area contributed by atoms with Crippen LogP contribution in [0.2, 0.25) is 6.55 Å².